The van der Waals surface area contributed by atoms with E-state index in [1.54, 1.807) is 19.3 Å². The zero-order valence-electron chi connectivity index (χ0n) is 8.86. The van der Waals surface area contributed by atoms with Crippen LogP contribution in [-0.4, -0.2) is 20.8 Å². The molecule has 2 unspecified atom stereocenters. The Morgan fingerprint density at radius 3 is 2.71 bits per heavy atom. The van der Waals surface area contributed by atoms with Crippen molar-refractivity contribution < 1.29 is 10.2 Å². The Kier molecular flexibility index (Phi) is 3.24. The lowest BCUT2D eigenvalue weighted by Gasteiger charge is -2.28. The molecule has 78 valence electrons. The maximum absolute atomic E-state index is 9.94. The van der Waals surface area contributed by atoms with Crippen molar-refractivity contribution in [3.05, 3.63) is 29.6 Å². The van der Waals surface area contributed by atoms with Crippen LogP contribution in [0.3, 0.4) is 0 Å². The van der Waals surface area contributed by atoms with Crippen molar-refractivity contribution in [1.82, 2.24) is 4.98 Å². The molecule has 0 aromatic carbocycles. The van der Waals surface area contributed by atoms with Gasteiger partial charge in [-0.05, 0) is 31.9 Å². The molecular formula is C11H17NO2. The van der Waals surface area contributed by atoms with Crippen LogP contribution < -0.4 is 0 Å². The van der Waals surface area contributed by atoms with Crippen LogP contribution >= 0.6 is 0 Å². The Morgan fingerprint density at radius 1 is 1.57 bits per heavy atom. The van der Waals surface area contributed by atoms with E-state index in [1.165, 1.54) is 0 Å². The molecule has 0 aliphatic carbocycles. The quantitative estimate of drug-likeness (QED) is 0.770. The maximum atomic E-state index is 9.94. The van der Waals surface area contributed by atoms with Gasteiger partial charge in [0.2, 0.25) is 0 Å². The third-order valence-electron chi connectivity index (χ3n) is 2.68. The van der Waals surface area contributed by atoms with E-state index in [2.05, 4.69) is 4.98 Å². The lowest BCUT2D eigenvalue weighted by atomic mass is 9.89. The molecule has 0 amide bonds. The van der Waals surface area contributed by atoms with Crippen molar-refractivity contribution in [2.75, 3.05) is 0 Å². The number of aromatic nitrogens is 1. The number of pyridine rings is 1. The zero-order chi connectivity index (χ0) is 10.8. The molecule has 3 heteroatoms. The van der Waals surface area contributed by atoms with Crippen LogP contribution in [0.4, 0.5) is 0 Å². The number of hydrogen-bond acceptors (Lipinski definition) is 3. The first-order valence-electron chi connectivity index (χ1n) is 4.80. The van der Waals surface area contributed by atoms with Crippen molar-refractivity contribution in [3.63, 3.8) is 0 Å². The van der Waals surface area contributed by atoms with Gasteiger partial charge in [0.05, 0.1) is 5.60 Å². The van der Waals surface area contributed by atoms with Crippen molar-refractivity contribution in [3.8, 4) is 0 Å². The predicted molar refractivity (Wildman–Crippen MR) is 54.8 cm³/mol. The maximum Gasteiger partial charge on any atom is 0.109 e. The average molecular weight is 195 g/mol. The van der Waals surface area contributed by atoms with E-state index < -0.39 is 11.7 Å². The highest BCUT2D eigenvalue weighted by Crippen LogP contribution is 2.29. The zero-order valence-corrected chi connectivity index (χ0v) is 8.86. The van der Waals surface area contributed by atoms with Crippen LogP contribution in [-0.2, 0) is 0 Å². The van der Waals surface area contributed by atoms with Crippen molar-refractivity contribution >= 4 is 0 Å². The fourth-order valence-electron chi connectivity index (χ4n) is 1.29. The molecule has 0 bridgehead atoms. The molecule has 0 spiro atoms. The molecule has 2 N–H and O–H groups in total. The Hall–Kier alpha value is -0.930. The van der Waals surface area contributed by atoms with Crippen LogP contribution in [0.1, 0.15) is 37.5 Å². The molecule has 0 fully saturated rings. The van der Waals surface area contributed by atoms with Crippen molar-refractivity contribution in [1.29, 1.82) is 0 Å². The monoisotopic (exact) mass is 195 g/mol. The standard InChI is InChI=1S/C11H17NO2/c1-4-11(3,14)10(13)9-7-12-6-5-8(9)2/h5-7,10,13-14H,4H2,1-3H3. The number of nitrogens with zero attached hydrogens (tertiary/aromatic N) is 1. The summed E-state index contributed by atoms with van der Waals surface area (Å²) in [6, 6.07) is 1.82. The highest BCUT2D eigenvalue weighted by atomic mass is 16.3. The van der Waals surface area contributed by atoms with E-state index in [-0.39, 0.29) is 0 Å². The van der Waals surface area contributed by atoms with Crippen LogP contribution in [0.2, 0.25) is 0 Å². The Bertz CT molecular complexity index is 310. The summed E-state index contributed by atoms with van der Waals surface area (Å²) in [6.45, 7) is 5.37. The molecule has 0 saturated heterocycles. The second-order valence-corrected chi connectivity index (χ2v) is 3.85. The third kappa shape index (κ3) is 2.11. The number of aliphatic hydroxyl groups excluding tert-OH is 1. The van der Waals surface area contributed by atoms with Gasteiger partial charge in [-0.1, -0.05) is 6.92 Å². The molecule has 1 aromatic heterocycles. The molecule has 0 saturated carbocycles. The van der Waals surface area contributed by atoms with E-state index in [1.807, 2.05) is 19.9 Å². The molecule has 1 aromatic rings. The summed E-state index contributed by atoms with van der Waals surface area (Å²) in [5.41, 5.74) is 0.550. The number of hydrogen-bond donors (Lipinski definition) is 2. The van der Waals surface area contributed by atoms with Gasteiger partial charge in [-0.25, -0.2) is 0 Å². The minimum absolute atomic E-state index is 0.502. The second kappa shape index (κ2) is 4.07. The first-order valence-corrected chi connectivity index (χ1v) is 4.80. The summed E-state index contributed by atoms with van der Waals surface area (Å²) in [4.78, 5) is 3.94. The van der Waals surface area contributed by atoms with Crippen molar-refractivity contribution in [2.45, 2.75) is 38.9 Å². The molecule has 1 heterocycles. The fraction of sp³-hybridized carbons (Fsp3) is 0.545. The molecular weight excluding hydrogens is 178 g/mol. The number of rotatable bonds is 3. The minimum atomic E-state index is -1.09. The predicted octanol–water partition coefficient (Wildman–Crippen LogP) is 1.58. The van der Waals surface area contributed by atoms with Gasteiger partial charge in [-0.3, -0.25) is 4.98 Å². The Labute approximate surface area is 84.4 Å². The summed E-state index contributed by atoms with van der Waals surface area (Å²) >= 11 is 0. The number of aryl methyl sites for hydroxylation is 1. The third-order valence-corrected chi connectivity index (χ3v) is 2.68. The van der Waals surface area contributed by atoms with Gasteiger partial charge in [0, 0.05) is 18.0 Å². The normalized spacial score (nSPS) is 17.5. The molecule has 1 rings (SSSR count). The topological polar surface area (TPSA) is 53.4 Å². The summed E-state index contributed by atoms with van der Waals surface area (Å²) in [5.74, 6) is 0. The first kappa shape index (κ1) is 11.1. The van der Waals surface area contributed by atoms with Crippen molar-refractivity contribution in [2.24, 2.45) is 0 Å². The fourth-order valence-corrected chi connectivity index (χ4v) is 1.29. The molecule has 0 radical (unpaired) electrons. The van der Waals surface area contributed by atoms with Gasteiger partial charge in [0.1, 0.15) is 6.10 Å². The Morgan fingerprint density at radius 2 is 2.21 bits per heavy atom. The largest absolute Gasteiger partial charge is 0.387 e. The van der Waals surface area contributed by atoms with Gasteiger partial charge in [0.15, 0.2) is 0 Å². The summed E-state index contributed by atoms with van der Waals surface area (Å²) in [5, 5.41) is 19.8. The van der Waals surface area contributed by atoms with Gasteiger partial charge >= 0.3 is 0 Å². The lowest BCUT2D eigenvalue weighted by Crippen LogP contribution is -2.32. The smallest absolute Gasteiger partial charge is 0.109 e. The highest BCUT2D eigenvalue weighted by Gasteiger charge is 2.30. The number of aliphatic hydroxyl groups is 2. The summed E-state index contributed by atoms with van der Waals surface area (Å²) < 4.78 is 0. The van der Waals surface area contributed by atoms with Crippen LogP contribution in [0, 0.1) is 6.92 Å². The van der Waals surface area contributed by atoms with E-state index in [0.717, 1.165) is 5.56 Å². The van der Waals surface area contributed by atoms with Crippen LogP contribution in [0.5, 0.6) is 0 Å². The average Bonchev–Trinajstić information content (AvgIpc) is 2.17. The Balaban J connectivity index is 3.00. The van der Waals surface area contributed by atoms with E-state index in [9.17, 15) is 10.2 Å². The summed E-state index contributed by atoms with van der Waals surface area (Å²) in [6.07, 6.45) is 2.90. The van der Waals surface area contributed by atoms with E-state index >= 15 is 0 Å². The van der Waals surface area contributed by atoms with E-state index in [4.69, 9.17) is 0 Å². The van der Waals surface area contributed by atoms with Crippen LogP contribution in [0.25, 0.3) is 0 Å². The highest BCUT2D eigenvalue weighted by molar-refractivity contribution is 5.25. The first-order chi connectivity index (χ1) is 6.49. The minimum Gasteiger partial charge on any atom is -0.387 e. The van der Waals surface area contributed by atoms with Gasteiger partial charge in [-0.2, -0.15) is 0 Å². The molecule has 2 atom stereocenters. The molecule has 3 nitrogen and oxygen atoms in total. The van der Waals surface area contributed by atoms with Crippen LogP contribution in [0.15, 0.2) is 18.5 Å². The van der Waals surface area contributed by atoms with Gasteiger partial charge in [0.25, 0.3) is 0 Å². The summed E-state index contributed by atoms with van der Waals surface area (Å²) in [7, 11) is 0. The van der Waals surface area contributed by atoms with Gasteiger partial charge < -0.3 is 10.2 Å². The van der Waals surface area contributed by atoms with E-state index in [0.29, 0.717) is 12.0 Å². The lowest BCUT2D eigenvalue weighted by molar-refractivity contribution is -0.0662. The van der Waals surface area contributed by atoms with Gasteiger partial charge in [-0.15, -0.1) is 0 Å². The second-order valence-electron chi connectivity index (χ2n) is 3.85. The molecule has 14 heavy (non-hydrogen) atoms. The molecule has 0 aliphatic rings. The molecule has 0 aliphatic heterocycles. The SMILES string of the molecule is CCC(C)(O)C(O)c1cnccc1C.